The van der Waals surface area contributed by atoms with E-state index in [1.807, 2.05) is 31.3 Å². The number of aromatic nitrogens is 2. The Bertz CT molecular complexity index is 1070. The van der Waals surface area contributed by atoms with Gasteiger partial charge in [-0.2, -0.15) is 5.26 Å². The summed E-state index contributed by atoms with van der Waals surface area (Å²) in [5, 5.41) is 11.3. The molecule has 6 nitrogen and oxygen atoms in total. The lowest BCUT2D eigenvalue weighted by Gasteiger charge is -2.24. The second-order valence-corrected chi connectivity index (χ2v) is 7.79. The van der Waals surface area contributed by atoms with E-state index in [9.17, 15) is 10.1 Å². The van der Waals surface area contributed by atoms with Gasteiger partial charge in [0, 0.05) is 41.9 Å². The molecule has 7 heteroatoms. The van der Waals surface area contributed by atoms with Crippen molar-refractivity contribution in [3.8, 4) is 16.6 Å². The van der Waals surface area contributed by atoms with Gasteiger partial charge in [-0.25, -0.2) is 9.78 Å². The Hall–Kier alpha value is -2.69. The molecule has 1 aliphatic rings. The molecule has 0 N–H and O–H groups in total. The Morgan fingerprint density at radius 1 is 1.43 bits per heavy atom. The molecule has 0 radical (unpaired) electrons. The van der Waals surface area contributed by atoms with Crippen molar-refractivity contribution in [1.82, 2.24) is 9.55 Å². The van der Waals surface area contributed by atoms with Crippen LogP contribution in [0.5, 0.6) is 0 Å². The van der Waals surface area contributed by atoms with Gasteiger partial charge in [-0.3, -0.25) is 0 Å². The van der Waals surface area contributed by atoms with Gasteiger partial charge in [0.1, 0.15) is 16.0 Å². The molecule has 0 unspecified atom stereocenters. The molecule has 1 aromatic carbocycles. The molecule has 28 heavy (non-hydrogen) atoms. The van der Waals surface area contributed by atoms with Crippen molar-refractivity contribution >= 4 is 28.2 Å². The topological polar surface area (TPSA) is 77.1 Å². The van der Waals surface area contributed by atoms with Crippen molar-refractivity contribution in [3.05, 3.63) is 40.5 Å². The van der Waals surface area contributed by atoms with Crippen molar-refractivity contribution < 1.29 is 14.3 Å². The highest BCUT2D eigenvalue weighted by molar-refractivity contribution is 7.17. The van der Waals surface area contributed by atoms with Crippen molar-refractivity contribution in [2.24, 2.45) is 0 Å². The van der Waals surface area contributed by atoms with Gasteiger partial charge in [0.15, 0.2) is 0 Å². The molecule has 4 rings (SSSR count). The molecule has 3 heterocycles. The predicted molar refractivity (Wildman–Crippen MR) is 108 cm³/mol. The van der Waals surface area contributed by atoms with Gasteiger partial charge in [0.2, 0.25) is 0 Å². The normalized spacial score (nSPS) is 14.9. The lowest BCUT2D eigenvalue weighted by Crippen LogP contribution is -2.18. The summed E-state index contributed by atoms with van der Waals surface area (Å²) >= 11 is 1.33. The SMILES string of the molecule is CCOC(=O)c1sc(-c2ccc3c(c2)c(C#N)cn3C2CCOCC2)nc1C. The largest absolute Gasteiger partial charge is 0.462 e. The third kappa shape index (κ3) is 3.30. The highest BCUT2D eigenvalue weighted by atomic mass is 32.1. The van der Waals surface area contributed by atoms with Crippen LogP contribution in [0.2, 0.25) is 0 Å². The minimum absolute atomic E-state index is 0.336. The summed E-state index contributed by atoms with van der Waals surface area (Å²) in [6.45, 7) is 5.43. The Balaban J connectivity index is 1.75. The molecule has 144 valence electrons. The maximum absolute atomic E-state index is 12.1. The van der Waals surface area contributed by atoms with Crippen LogP contribution in [0, 0.1) is 18.3 Å². The molecule has 1 saturated heterocycles. The van der Waals surface area contributed by atoms with E-state index in [-0.39, 0.29) is 5.97 Å². The quantitative estimate of drug-likeness (QED) is 0.609. The number of hydrogen-bond donors (Lipinski definition) is 0. The van der Waals surface area contributed by atoms with E-state index in [4.69, 9.17) is 9.47 Å². The fraction of sp³-hybridized carbons (Fsp3) is 0.381. The van der Waals surface area contributed by atoms with Gasteiger partial charge in [-0.15, -0.1) is 11.3 Å². The molecular formula is C21H21N3O3S. The monoisotopic (exact) mass is 395 g/mol. The number of nitrogens with zero attached hydrogens (tertiary/aromatic N) is 3. The molecule has 3 aromatic rings. The van der Waals surface area contributed by atoms with E-state index in [1.165, 1.54) is 11.3 Å². The first-order chi connectivity index (χ1) is 13.6. The summed E-state index contributed by atoms with van der Waals surface area (Å²) in [5.41, 5.74) is 3.27. The molecule has 0 aliphatic carbocycles. The van der Waals surface area contributed by atoms with E-state index in [0.717, 1.165) is 47.5 Å². The fourth-order valence-electron chi connectivity index (χ4n) is 3.65. The number of ether oxygens (including phenoxy) is 2. The molecule has 0 atom stereocenters. The summed E-state index contributed by atoms with van der Waals surface area (Å²) in [4.78, 5) is 17.2. The Labute approximate surface area is 167 Å². The third-order valence-corrected chi connectivity index (χ3v) is 6.23. The van der Waals surface area contributed by atoms with Crippen LogP contribution in [0.25, 0.3) is 21.5 Å². The average molecular weight is 395 g/mol. The van der Waals surface area contributed by atoms with Crippen LogP contribution in [-0.2, 0) is 9.47 Å². The van der Waals surface area contributed by atoms with Crippen LogP contribution in [0.4, 0.5) is 0 Å². The summed E-state index contributed by atoms with van der Waals surface area (Å²) in [6, 6.07) is 8.71. The lowest BCUT2D eigenvalue weighted by molar-refractivity contribution is 0.0531. The molecule has 0 saturated carbocycles. The zero-order valence-corrected chi connectivity index (χ0v) is 16.7. The second-order valence-electron chi connectivity index (χ2n) is 6.79. The molecule has 1 aliphatic heterocycles. The summed E-state index contributed by atoms with van der Waals surface area (Å²) in [6.07, 6.45) is 3.84. The van der Waals surface area contributed by atoms with E-state index < -0.39 is 0 Å². The highest BCUT2D eigenvalue weighted by Crippen LogP contribution is 2.34. The molecule has 0 amide bonds. The van der Waals surface area contributed by atoms with Crippen molar-refractivity contribution in [2.45, 2.75) is 32.7 Å². The summed E-state index contributed by atoms with van der Waals surface area (Å²) in [5.74, 6) is -0.340. The number of carbonyl (C=O) groups is 1. The van der Waals surface area contributed by atoms with Gasteiger partial charge in [-0.05, 0) is 44.9 Å². The Morgan fingerprint density at radius 2 is 2.21 bits per heavy atom. The van der Waals surface area contributed by atoms with Crippen molar-refractivity contribution in [3.63, 3.8) is 0 Å². The average Bonchev–Trinajstić information content (AvgIpc) is 3.29. The zero-order chi connectivity index (χ0) is 19.7. The van der Waals surface area contributed by atoms with Crippen LogP contribution in [0.1, 0.15) is 46.7 Å². The molecule has 0 spiro atoms. The minimum atomic E-state index is -0.340. The van der Waals surface area contributed by atoms with Gasteiger partial charge in [-0.1, -0.05) is 0 Å². The van der Waals surface area contributed by atoms with Crippen LogP contribution >= 0.6 is 11.3 Å². The van der Waals surface area contributed by atoms with Gasteiger partial charge >= 0.3 is 5.97 Å². The number of thiazole rings is 1. The number of nitriles is 1. The number of benzene rings is 1. The van der Waals surface area contributed by atoms with Crippen LogP contribution in [-0.4, -0.2) is 35.3 Å². The maximum Gasteiger partial charge on any atom is 0.350 e. The standard InChI is InChI=1S/C21H21N3O3S/c1-3-27-21(25)19-13(2)23-20(28-19)14-4-5-18-17(10-14)15(11-22)12-24(18)16-6-8-26-9-7-16/h4-5,10,12,16H,3,6-9H2,1-2H3. The maximum atomic E-state index is 12.1. The molecular weight excluding hydrogens is 374 g/mol. The third-order valence-electron chi connectivity index (χ3n) is 5.04. The Morgan fingerprint density at radius 3 is 2.93 bits per heavy atom. The van der Waals surface area contributed by atoms with Gasteiger partial charge < -0.3 is 14.0 Å². The Kier molecular flexibility index (Phi) is 5.16. The fourth-order valence-corrected chi connectivity index (χ4v) is 4.60. The molecule has 2 aromatic heterocycles. The van der Waals surface area contributed by atoms with Crippen molar-refractivity contribution in [1.29, 1.82) is 5.26 Å². The van der Waals surface area contributed by atoms with Crippen LogP contribution in [0.3, 0.4) is 0 Å². The van der Waals surface area contributed by atoms with Gasteiger partial charge in [0.05, 0.1) is 17.9 Å². The second kappa shape index (κ2) is 7.74. The first-order valence-electron chi connectivity index (χ1n) is 9.39. The van der Waals surface area contributed by atoms with E-state index in [2.05, 4.69) is 15.6 Å². The number of esters is 1. The summed E-state index contributed by atoms with van der Waals surface area (Å²) < 4.78 is 12.8. The number of aryl methyl sites for hydroxylation is 1. The van der Waals surface area contributed by atoms with Crippen LogP contribution < -0.4 is 0 Å². The van der Waals surface area contributed by atoms with E-state index in [0.29, 0.717) is 28.8 Å². The van der Waals surface area contributed by atoms with E-state index in [1.54, 1.807) is 6.92 Å². The lowest BCUT2D eigenvalue weighted by atomic mass is 10.1. The first-order valence-corrected chi connectivity index (χ1v) is 10.2. The van der Waals surface area contributed by atoms with Gasteiger partial charge in [0.25, 0.3) is 0 Å². The number of carbonyl (C=O) groups excluding carboxylic acids is 1. The number of rotatable bonds is 4. The summed E-state index contributed by atoms with van der Waals surface area (Å²) in [7, 11) is 0. The highest BCUT2D eigenvalue weighted by Gasteiger charge is 2.21. The molecule has 1 fully saturated rings. The predicted octanol–water partition coefficient (Wildman–Crippen LogP) is 4.47. The molecule has 0 bridgehead atoms. The van der Waals surface area contributed by atoms with Crippen LogP contribution in [0.15, 0.2) is 24.4 Å². The zero-order valence-electron chi connectivity index (χ0n) is 15.9. The van der Waals surface area contributed by atoms with Crippen molar-refractivity contribution in [2.75, 3.05) is 19.8 Å². The minimum Gasteiger partial charge on any atom is -0.462 e. The number of hydrogen-bond acceptors (Lipinski definition) is 6. The smallest absolute Gasteiger partial charge is 0.350 e. The number of fused-ring (bicyclic) bond motifs is 1. The first kappa shape index (κ1) is 18.7. The van der Waals surface area contributed by atoms with E-state index >= 15 is 0 Å².